The van der Waals surface area contributed by atoms with Gasteiger partial charge in [-0.25, -0.2) is 4.98 Å². The fourth-order valence-corrected chi connectivity index (χ4v) is 1.52. The molecule has 0 bridgehead atoms. The monoisotopic (exact) mass is 277 g/mol. The Balaban J connectivity index is 0.000000347. The molecule has 0 saturated heterocycles. The number of aromatic nitrogens is 1. The molecule has 20 heavy (non-hydrogen) atoms. The fraction of sp³-hybridized carbons (Fsp3) is 0.357. The minimum absolute atomic E-state index is 0.0431. The Morgan fingerprint density at radius 1 is 1.35 bits per heavy atom. The molecule has 0 saturated carbocycles. The molecular weight excluding hydrogens is 258 g/mol. The smallest absolute Gasteiger partial charge is 0.270 e. The van der Waals surface area contributed by atoms with E-state index in [9.17, 15) is 10.1 Å². The molecule has 1 aromatic carbocycles. The van der Waals surface area contributed by atoms with Gasteiger partial charge in [-0.3, -0.25) is 10.1 Å². The number of non-ortho nitro benzene ring substituents is 1. The van der Waals surface area contributed by atoms with Crippen LogP contribution in [0.3, 0.4) is 0 Å². The van der Waals surface area contributed by atoms with Gasteiger partial charge in [-0.05, 0) is 13.1 Å². The van der Waals surface area contributed by atoms with E-state index in [1.165, 1.54) is 12.1 Å². The number of nitro benzene ring substituents is 1. The van der Waals surface area contributed by atoms with E-state index in [2.05, 4.69) is 24.1 Å². The number of nitrogens with one attached hydrogen (secondary N) is 1. The van der Waals surface area contributed by atoms with Crippen LogP contribution in [0.5, 0.6) is 0 Å². The van der Waals surface area contributed by atoms with E-state index in [-0.39, 0.29) is 5.69 Å². The zero-order valence-electron chi connectivity index (χ0n) is 11.9. The maximum atomic E-state index is 10.5. The van der Waals surface area contributed by atoms with Crippen LogP contribution in [0.4, 0.5) is 5.69 Å². The molecule has 0 aliphatic rings. The van der Waals surface area contributed by atoms with E-state index < -0.39 is 4.92 Å². The van der Waals surface area contributed by atoms with E-state index in [1.807, 2.05) is 0 Å². The Hall–Kier alpha value is -2.21. The number of rotatable bonds is 4. The predicted molar refractivity (Wildman–Crippen MR) is 77.5 cm³/mol. The van der Waals surface area contributed by atoms with Crippen molar-refractivity contribution in [3.8, 4) is 11.3 Å². The number of oxazole rings is 1. The van der Waals surface area contributed by atoms with Crippen LogP contribution in [0, 0.1) is 17.0 Å². The molecule has 1 heterocycles. The molecule has 1 N–H and O–H groups in total. The number of nitrogens with zero attached hydrogens (tertiary/aromatic N) is 2. The second kappa shape index (κ2) is 8.06. The summed E-state index contributed by atoms with van der Waals surface area (Å²) >= 11 is 0. The van der Waals surface area contributed by atoms with Gasteiger partial charge in [-0.1, -0.05) is 26.0 Å². The molecule has 0 aliphatic carbocycles. The van der Waals surface area contributed by atoms with Crippen molar-refractivity contribution >= 4 is 5.69 Å². The molecule has 2 rings (SSSR count). The van der Waals surface area contributed by atoms with Gasteiger partial charge in [0, 0.05) is 24.6 Å². The van der Waals surface area contributed by atoms with E-state index in [4.69, 9.17) is 4.42 Å². The summed E-state index contributed by atoms with van der Waals surface area (Å²) in [7, 11) is 0. The fourth-order valence-electron chi connectivity index (χ4n) is 1.52. The van der Waals surface area contributed by atoms with Gasteiger partial charge in [0.25, 0.3) is 5.69 Å². The largest absolute Gasteiger partial charge is 0.441 e. The zero-order chi connectivity index (χ0) is 15.0. The third-order valence-electron chi connectivity index (χ3n) is 2.46. The summed E-state index contributed by atoms with van der Waals surface area (Å²) < 4.78 is 5.27. The molecule has 0 fully saturated rings. The average Bonchev–Trinajstić information content (AvgIpc) is 2.87. The highest BCUT2D eigenvalue weighted by molar-refractivity contribution is 5.60. The highest BCUT2D eigenvalue weighted by Crippen LogP contribution is 2.23. The third-order valence-corrected chi connectivity index (χ3v) is 2.46. The summed E-state index contributed by atoms with van der Waals surface area (Å²) in [5.41, 5.74) is 0.700. The first-order chi connectivity index (χ1) is 9.58. The second-order valence-corrected chi connectivity index (χ2v) is 4.01. The lowest BCUT2D eigenvalue weighted by Crippen LogP contribution is -2.09. The molecule has 108 valence electrons. The maximum absolute atomic E-state index is 10.5. The molecular formula is C14H19N3O3. The van der Waals surface area contributed by atoms with Crippen molar-refractivity contribution in [1.29, 1.82) is 0 Å². The van der Waals surface area contributed by atoms with Gasteiger partial charge in [0.15, 0.2) is 11.7 Å². The minimum atomic E-state index is -0.438. The lowest BCUT2D eigenvalue weighted by atomic mass is 10.2. The number of aryl methyl sites for hydroxylation is 1. The van der Waals surface area contributed by atoms with Crippen LogP contribution < -0.4 is 5.32 Å². The van der Waals surface area contributed by atoms with Gasteiger partial charge in [0.1, 0.15) is 0 Å². The van der Waals surface area contributed by atoms with Crippen LogP contribution in [0.2, 0.25) is 0 Å². The molecule has 6 heteroatoms. The van der Waals surface area contributed by atoms with Crippen LogP contribution in [0.25, 0.3) is 11.3 Å². The van der Waals surface area contributed by atoms with Crippen molar-refractivity contribution in [1.82, 2.24) is 10.3 Å². The van der Waals surface area contributed by atoms with Gasteiger partial charge in [0.05, 0.1) is 11.1 Å². The summed E-state index contributed by atoms with van der Waals surface area (Å²) in [5, 5.41) is 13.7. The van der Waals surface area contributed by atoms with Crippen LogP contribution in [-0.2, 0) is 0 Å². The van der Waals surface area contributed by atoms with E-state index >= 15 is 0 Å². The van der Waals surface area contributed by atoms with Gasteiger partial charge >= 0.3 is 0 Å². The quantitative estimate of drug-likeness (QED) is 0.685. The van der Waals surface area contributed by atoms with Gasteiger partial charge in [-0.2, -0.15) is 0 Å². The normalized spacial score (nSPS) is 9.75. The topological polar surface area (TPSA) is 81.2 Å². The highest BCUT2D eigenvalue weighted by Gasteiger charge is 2.09. The minimum Gasteiger partial charge on any atom is -0.441 e. The summed E-state index contributed by atoms with van der Waals surface area (Å²) in [6, 6.07) is 6.25. The SMILES string of the molecule is CCNCC.Cc1ncc(-c2cccc([N+](=O)[O-])c2)o1. The number of hydrogen-bond donors (Lipinski definition) is 1. The zero-order valence-corrected chi connectivity index (χ0v) is 11.9. The van der Waals surface area contributed by atoms with Crippen LogP contribution in [0.15, 0.2) is 34.9 Å². The molecule has 0 spiro atoms. The Labute approximate surface area is 118 Å². The first kappa shape index (κ1) is 15.8. The maximum Gasteiger partial charge on any atom is 0.270 e. The molecule has 0 atom stereocenters. The Kier molecular flexibility index (Phi) is 6.39. The Bertz CT molecular complexity index is 550. The summed E-state index contributed by atoms with van der Waals surface area (Å²) in [6.45, 7) is 8.11. The third kappa shape index (κ3) is 4.81. The van der Waals surface area contributed by atoms with E-state index in [0.717, 1.165) is 13.1 Å². The Morgan fingerprint density at radius 2 is 2.05 bits per heavy atom. The molecule has 0 amide bonds. The first-order valence-electron chi connectivity index (χ1n) is 6.46. The first-order valence-corrected chi connectivity index (χ1v) is 6.46. The molecule has 1 aromatic heterocycles. The van der Waals surface area contributed by atoms with E-state index in [1.54, 1.807) is 25.3 Å². The van der Waals surface area contributed by atoms with Gasteiger partial charge < -0.3 is 9.73 Å². The Morgan fingerprint density at radius 3 is 2.50 bits per heavy atom. The predicted octanol–water partition coefficient (Wildman–Crippen LogP) is 3.17. The molecule has 0 radical (unpaired) electrons. The standard InChI is InChI=1S/C10H8N2O3.C4H11N/c1-7-11-6-10(15-7)8-3-2-4-9(5-8)12(13)14;1-3-5-4-2/h2-6H,1H3;5H,3-4H2,1-2H3. The van der Waals surface area contributed by atoms with Crippen LogP contribution in [-0.4, -0.2) is 23.0 Å². The highest BCUT2D eigenvalue weighted by atomic mass is 16.6. The molecule has 6 nitrogen and oxygen atoms in total. The van der Waals surface area contributed by atoms with Crippen molar-refractivity contribution in [2.24, 2.45) is 0 Å². The lowest BCUT2D eigenvalue weighted by Gasteiger charge is -1.95. The van der Waals surface area contributed by atoms with Crippen molar-refractivity contribution in [2.75, 3.05) is 13.1 Å². The van der Waals surface area contributed by atoms with Crippen LogP contribution >= 0.6 is 0 Å². The van der Waals surface area contributed by atoms with Crippen molar-refractivity contribution in [3.63, 3.8) is 0 Å². The van der Waals surface area contributed by atoms with E-state index in [0.29, 0.717) is 17.2 Å². The number of benzene rings is 1. The molecule has 0 unspecified atom stereocenters. The molecule has 2 aromatic rings. The lowest BCUT2D eigenvalue weighted by molar-refractivity contribution is -0.384. The summed E-state index contributed by atoms with van der Waals surface area (Å²) in [6.07, 6.45) is 1.55. The molecule has 0 aliphatic heterocycles. The average molecular weight is 277 g/mol. The second-order valence-electron chi connectivity index (χ2n) is 4.01. The summed E-state index contributed by atoms with van der Waals surface area (Å²) in [4.78, 5) is 14.0. The number of nitro groups is 1. The summed E-state index contributed by atoms with van der Waals surface area (Å²) in [5.74, 6) is 1.08. The van der Waals surface area contributed by atoms with Crippen molar-refractivity contribution < 1.29 is 9.34 Å². The van der Waals surface area contributed by atoms with Crippen LogP contribution in [0.1, 0.15) is 19.7 Å². The van der Waals surface area contributed by atoms with Gasteiger partial charge in [-0.15, -0.1) is 0 Å². The number of hydrogen-bond acceptors (Lipinski definition) is 5. The van der Waals surface area contributed by atoms with Crippen molar-refractivity contribution in [2.45, 2.75) is 20.8 Å². The van der Waals surface area contributed by atoms with Crippen molar-refractivity contribution in [3.05, 3.63) is 46.5 Å². The van der Waals surface area contributed by atoms with Gasteiger partial charge in [0.2, 0.25) is 0 Å².